The van der Waals surface area contributed by atoms with E-state index in [1.54, 1.807) is 0 Å². The third kappa shape index (κ3) is 2.27. The van der Waals surface area contributed by atoms with Crippen LogP contribution in [0.4, 0.5) is 0 Å². The average molecular weight is 286 g/mol. The van der Waals surface area contributed by atoms with Crippen LogP contribution < -0.4 is 0 Å². The summed E-state index contributed by atoms with van der Waals surface area (Å²) in [5, 5.41) is 10.7. The van der Waals surface area contributed by atoms with Gasteiger partial charge in [0.15, 0.2) is 0 Å². The van der Waals surface area contributed by atoms with Crippen LogP contribution in [-0.2, 0) is 0 Å². The van der Waals surface area contributed by atoms with E-state index in [0.29, 0.717) is 11.8 Å². The minimum absolute atomic E-state index is 0.544. The van der Waals surface area contributed by atoms with Gasteiger partial charge in [-0.2, -0.15) is 0 Å². The number of nitrogens with zero attached hydrogens (tertiary/aromatic N) is 2. The molecule has 1 aromatic heterocycles. The molecule has 0 spiro atoms. The summed E-state index contributed by atoms with van der Waals surface area (Å²) in [5.74, 6) is 1.09. The number of fused-ring (bicyclic) bond motifs is 1. The molecule has 0 amide bonds. The molecule has 0 aliphatic carbocycles. The van der Waals surface area contributed by atoms with Gasteiger partial charge in [0.05, 0.1) is 0 Å². The molecule has 3 heteroatoms. The van der Waals surface area contributed by atoms with Crippen molar-refractivity contribution in [3.63, 3.8) is 0 Å². The summed E-state index contributed by atoms with van der Waals surface area (Å²) in [5.41, 5.74) is 3.05. The van der Waals surface area contributed by atoms with Crippen LogP contribution in [-0.4, -0.2) is 10.2 Å². The van der Waals surface area contributed by atoms with Gasteiger partial charge in [-0.05, 0) is 42.0 Å². The Morgan fingerprint density at radius 2 is 1.41 bits per heavy atom. The summed E-state index contributed by atoms with van der Waals surface area (Å²) >= 11 is 0. The number of aromatic nitrogens is 2. The quantitative estimate of drug-likeness (QED) is 0.528. The van der Waals surface area contributed by atoms with Gasteiger partial charge in [0, 0.05) is 11.1 Å². The first-order chi connectivity index (χ1) is 10.8. The zero-order valence-electron chi connectivity index (χ0n) is 12.2. The largest absolute Gasteiger partial charge is 0.416 e. The highest BCUT2D eigenvalue weighted by Gasteiger charge is 2.10. The van der Waals surface area contributed by atoms with Crippen molar-refractivity contribution in [3.05, 3.63) is 72.3 Å². The van der Waals surface area contributed by atoms with Gasteiger partial charge in [-0.3, -0.25) is 0 Å². The molecule has 0 unspecified atom stereocenters. The van der Waals surface area contributed by atoms with Crippen LogP contribution in [0.1, 0.15) is 5.56 Å². The predicted molar refractivity (Wildman–Crippen MR) is 87.4 cm³/mol. The molecule has 0 radical (unpaired) electrons. The van der Waals surface area contributed by atoms with E-state index in [1.807, 2.05) is 49.4 Å². The first-order valence-electron chi connectivity index (χ1n) is 7.19. The lowest BCUT2D eigenvalue weighted by Crippen LogP contribution is -1.79. The smallest absolute Gasteiger partial charge is 0.248 e. The molecule has 0 N–H and O–H groups in total. The van der Waals surface area contributed by atoms with Gasteiger partial charge in [0.25, 0.3) is 0 Å². The fourth-order valence-electron chi connectivity index (χ4n) is 2.56. The molecule has 0 saturated carbocycles. The Morgan fingerprint density at radius 3 is 2.18 bits per heavy atom. The van der Waals surface area contributed by atoms with Crippen molar-refractivity contribution in [2.24, 2.45) is 0 Å². The van der Waals surface area contributed by atoms with E-state index >= 15 is 0 Å². The van der Waals surface area contributed by atoms with E-state index in [2.05, 4.69) is 34.5 Å². The van der Waals surface area contributed by atoms with Crippen molar-refractivity contribution < 1.29 is 4.42 Å². The molecule has 106 valence electrons. The highest BCUT2D eigenvalue weighted by molar-refractivity contribution is 5.86. The molecule has 0 fully saturated rings. The van der Waals surface area contributed by atoms with Crippen molar-refractivity contribution in [1.82, 2.24) is 10.2 Å². The molecule has 3 nitrogen and oxygen atoms in total. The first kappa shape index (κ1) is 12.8. The van der Waals surface area contributed by atoms with Crippen molar-refractivity contribution in [1.29, 1.82) is 0 Å². The fourth-order valence-corrected chi connectivity index (χ4v) is 2.56. The summed E-state index contributed by atoms with van der Waals surface area (Å²) in [4.78, 5) is 0. The average Bonchev–Trinajstić information content (AvgIpc) is 3.04. The first-order valence-corrected chi connectivity index (χ1v) is 7.19. The van der Waals surface area contributed by atoms with E-state index < -0.39 is 0 Å². The summed E-state index contributed by atoms with van der Waals surface area (Å²) in [7, 11) is 0. The molecule has 22 heavy (non-hydrogen) atoms. The molecule has 4 aromatic rings. The third-order valence-corrected chi connectivity index (χ3v) is 3.69. The molecule has 0 atom stereocenters. The zero-order valence-corrected chi connectivity index (χ0v) is 12.2. The topological polar surface area (TPSA) is 38.9 Å². The molecule has 4 rings (SSSR count). The highest BCUT2D eigenvalue weighted by atomic mass is 16.4. The van der Waals surface area contributed by atoms with Crippen LogP contribution in [0.2, 0.25) is 0 Å². The third-order valence-electron chi connectivity index (χ3n) is 3.69. The summed E-state index contributed by atoms with van der Waals surface area (Å²) in [6, 6.07) is 22.4. The van der Waals surface area contributed by atoms with Crippen molar-refractivity contribution in [2.75, 3.05) is 0 Å². The number of aryl methyl sites for hydroxylation is 1. The Balaban J connectivity index is 1.76. The van der Waals surface area contributed by atoms with E-state index in [1.165, 1.54) is 10.9 Å². The molecule has 1 heterocycles. The monoisotopic (exact) mass is 286 g/mol. The van der Waals surface area contributed by atoms with E-state index in [9.17, 15) is 0 Å². The van der Waals surface area contributed by atoms with Gasteiger partial charge >= 0.3 is 0 Å². The standard InChI is InChI=1S/C19H14N2O/c1-13-5-4-8-16(11-13)18-20-21-19(22-18)17-10-9-14-6-2-3-7-15(14)12-17/h2-12H,1H3. The van der Waals surface area contributed by atoms with Gasteiger partial charge in [-0.15, -0.1) is 10.2 Å². The van der Waals surface area contributed by atoms with Crippen LogP contribution in [0.15, 0.2) is 71.1 Å². The van der Waals surface area contributed by atoms with E-state index in [4.69, 9.17) is 4.42 Å². The molecule has 0 aliphatic rings. The second kappa shape index (κ2) is 5.11. The van der Waals surface area contributed by atoms with Crippen LogP contribution in [0, 0.1) is 6.92 Å². The lowest BCUT2D eigenvalue weighted by atomic mass is 10.1. The molecular formula is C19H14N2O. The summed E-state index contributed by atoms with van der Waals surface area (Å²) in [6.07, 6.45) is 0. The number of benzene rings is 3. The lowest BCUT2D eigenvalue weighted by Gasteiger charge is -1.99. The summed E-state index contributed by atoms with van der Waals surface area (Å²) < 4.78 is 5.84. The second-order valence-electron chi connectivity index (χ2n) is 5.34. The van der Waals surface area contributed by atoms with Gasteiger partial charge in [-0.1, -0.05) is 48.0 Å². The maximum absolute atomic E-state index is 5.84. The van der Waals surface area contributed by atoms with Gasteiger partial charge in [-0.25, -0.2) is 0 Å². The Bertz CT molecular complexity index is 956. The molecule has 0 saturated heterocycles. The summed E-state index contributed by atoms with van der Waals surface area (Å²) in [6.45, 7) is 2.05. The van der Waals surface area contributed by atoms with Crippen LogP contribution in [0.25, 0.3) is 33.7 Å². The van der Waals surface area contributed by atoms with E-state index in [-0.39, 0.29) is 0 Å². The van der Waals surface area contributed by atoms with Crippen molar-refractivity contribution in [3.8, 4) is 22.9 Å². The van der Waals surface area contributed by atoms with Crippen LogP contribution in [0.5, 0.6) is 0 Å². The lowest BCUT2D eigenvalue weighted by molar-refractivity contribution is 0.584. The number of hydrogen-bond acceptors (Lipinski definition) is 3. The maximum atomic E-state index is 5.84. The van der Waals surface area contributed by atoms with E-state index in [0.717, 1.165) is 16.5 Å². The van der Waals surface area contributed by atoms with Crippen LogP contribution in [0.3, 0.4) is 0 Å². The zero-order chi connectivity index (χ0) is 14.9. The molecule has 0 aliphatic heterocycles. The number of hydrogen-bond donors (Lipinski definition) is 0. The molecule has 0 bridgehead atoms. The van der Waals surface area contributed by atoms with Gasteiger partial charge in [0.1, 0.15) is 0 Å². The Labute approximate surface area is 128 Å². The Hall–Kier alpha value is -2.94. The molecule has 3 aromatic carbocycles. The predicted octanol–water partition coefficient (Wildman–Crippen LogP) is 4.87. The normalized spacial score (nSPS) is 11.0. The highest BCUT2D eigenvalue weighted by Crippen LogP contribution is 2.26. The number of rotatable bonds is 2. The Morgan fingerprint density at radius 1 is 0.682 bits per heavy atom. The second-order valence-corrected chi connectivity index (χ2v) is 5.34. The van der Waals surface area contributed by atoms with Crippen LogP contribution >= 0.6 is 0 Å². The SMILES string of the molecule is Cc1cccc(-c2nnc(-c3ccc4ccccc4c3)o2)c1. The van der Waals surface area contributed by atoms with Crippen molar-refractivity contribution in [2.45, 2.75) is 6.92 Å². The van der Waals surface area contributed by atoms with Gasteiger partial charge < -0.3 is 4.42 Å². The molecular weight excluding hydrogens is 272 g/mol. The maximum Gasteiger partial charge on any atom is 0.248 e. The van der Waals surface area contributed by atoms with Crippen molar-refractivity contribution >= 4 is 10.8 Å². The fraction of sp³-hybridized carbons (Fsp3) is 0.0526. The minimum Gasteiger partial charge on any atom is -0.416 e. The Kier molecular flexibility index (Phi) is 2.97. The minimum atomic E-state index is 0.544. The van der Waals surface area contributed by atoms with Gasteiger partial charge in [0.2, 0.25) is 11.8 Å².